The van der Waals surface area contributed by atoms with Crippen LogP contribution in [0.15, 0.2) is 54.6 Å². The average molecular weight is 400 g/mol. The predicted molar refractivity (Wildman–Crippen MR) is 106 cm³/mol. The Labute approximate surface area is 166 Å². The molecule has 0 atom stereocenters. The van der Waals surface area contributed by atoms with Crippen LogP contribution in [-0.2, 0) is 5.60 Å². The summed E-state index contributed by atoms with van der Waals surface area (Å²) in [7, 11) is 0. The lowest BCUT2D eigenvalue weighted by Crippen LogP contribution is -2.45. The lowest BCUT2D eigenvalue weighted by molar-refractivity contribution is -0.0210. The molecule has 1 saturated heterocycles. The lowest BCUT2D eigenvalue weighted by Gasteiger charge is -2.38. The van der Waals surface area contributed by atoms with Crippen LogP contribution in [0.4, 0.5) is 0 Å². The lowest BCUT2D eigenvalue weighted by atomic mass is 9.84. The van der Waals surface area contributed by atoms with E-state index in [1.54, 1.807) is 17.0 Å². The molecule has 7 heteroatoms. The quantitative estimate of drug-likeness (QED) is 0.723. The zero-order chi connectivity index (χ0) is 18.9. The Kier molecular flexibility index (Phi) is 4.95. The molecular weight excluding hydrogens is 382 g/mol. The molecule has 1 fully saturated rings. The summed E-state index contributed by atoms with van der Waals surface area (Å²) < 4.78 is 3.98. The fourth-order valence-electron chi connectivity index (χ4n) is 3.39. The van der Waals surface area contributed by atoms with Gasteiger partial charge in [-0.2, -0.15) is 0 Å². The van der Waals surface area contributed by atoms with Gasteiger partial charge in [-0.05, 0) is 42.1 Å². The fraction of sp³-hybridized carbons (Fsp3) is 0.250. The van der Waals surface area contributed by atoms with Gasteiger partial charge in [0.05, 0.1) is 5.60 Å². The van der Waals surface area contributed by atoms with Crippen molar-refractivity contribution in [3.8, 4) is 11.3 Å². The third-order valence-electron chi connectivity index (χ3n) is 4.99. The molecule has 138 valence electrons. The van der Waals surface area contributed by atoms with Gasteiger partial charge >= 0.3 is 0 Å². The number of piperidine rings is 1. The molecule has 0 spiro atoms. The third kappa shape index (κ3) is 3.60. The Balaban J connectivity index is 1.50. The fourth-order valence-corrected chi connectivity index (χ4v) is 4.17. The largest absolute Gasteiger partial charge is 0.385 e. The van der Waals surface area contributed by atoms with Crippen molar-refractivity contribution in [2.45, 2.75) is 18.4 Å². The molecule has 5 nitrogen and oxygen atoms in total. The van der Waals surface area contributed by atoms with E-state index in [4.69, 9.17) is 11.6 Å². The van der Waals surface area contributed by atoms with Gasteiger partial charge in [-0.1, -0.05) is 58.6 Å². The van der Waals surface area contributed by atoms with Gasteiger partial charge in [0.1, 0.15) is 10.6 Å². The first kappa shape index (κ1) is 18.1. The summed E-state index contributed by atoms with van der Waals surface area (Å²) in [5.74, 6) is -0.0815. The Bertz CT molecular complexity index is 935. The molecule has 27 heavy (non-hydrogen) atoms. The van der Waals surface area contributed by atoms with Crippen LogP contribution < -0.4 is 0 Å². The SMILES string of the molecule is O=C(c1snnc1-c1ccccc1)N1CCC(O)(c2ccc(Cl)cc2)CC1. The standard InChI is InChI=1S/C20H18ClN3O2S/c21-16-8-6-15(7-9-16)20(26)10-12-24(13-11-20)19(25)18-17(22-23-27-18)14-4-2-1-3-5-14/h1-9,26H,10-13H2. The molecule has 0 saturated carbocycles. The van der Waals surface area contributed by atoms with Crippen molar-refractivity contribution < 1.29 is 9.90 Å². The minimum absolute atomic E-state index is 0.0815. The Morgan fingerprint density at radius 2 is 1.74 bits per heavy atom. The minimum atomic E-state index is -0.935. The van der Waals surface area contributed by atoms with Gasteiger partial charge in [0, 0.05) is 23.7 Å². The second-order valence-corrected chi connectivity index (χ2v) is 7.84. The highest BCUT2D eigenvalue weighted by molar-refractivity contribution is 7.08. The summed E-state index contributed by atoms with van der Waals surface area (Å²) in [6.45, 7) is 0.953. The van der Waals surface area contributed by atoms with Gasteiger partial charge in [0.15, 0.2) is 0 Å². The number of aromatic nitrogens is 2. The molecule has 0 bridgehead atoms. The number of halogens is 1. The smallest absolute Gasteiger partial charge is 0.267 e. The van der Waals surface area contributed by atoms with Crippen molar-refractivity contribution >= 4 is 29.0 Å². The number of hydrogen-bond donors (Lipinski definition) is 1. The number of aliphatic hydroxyl groups is 1. The first-order valence-corrected chi connectivity index (χ1v) is 9.87. The molecule has 0 radical (unpaired) electrons. The molecule has 1 aliphatic heterocycles. The van der Waals surface area contributed by atoms with Crippen LogP contribution in [0.1, 0.15) is 28.1 Å². The highest BCUT2D eigenvalue weighted by Gasteiger charge is 2.36. The first-order chi connectivity index (χ1) is 13.1. The van der Waals surface area contributed by atoms with Crippen LogP contribution >= 0.6 is 23.1 Å². The van der Waals surface area contributed by atoms with Gasteiger partial charge in [0.25, 0.3) is 5.91 Å². The Morgan fingerprint density at radius 3 is 2.41 bits per heavy atom. The van der Waals surface area contributed by atoms with Crippen molar-refractivity contribution in [2.24, 2.45) is 0 Å². The van der Waals surface area contributed by atoms with Crippen LogP contribution in [0.5, 0.6) is 0 Å². The molecule has 3 aromatic rings. The van der Waals surface area contributed by atoms with E-state index in [1.165, 1.54) is 0 Å². The third-order valence-corrected chi connectivity index (χ3v) is 5.95. The van der Waals surface area contributed by atoms with Crippen LogP contribution in [0.25, 0.3) is 11.3 Å². The number of hydrogen-bond acceptors (Lipinski definition) is 5. The summed E-state index contributed by atoms with van der Waals surface area (Å²) in [6.07, 6.45) is 0.959. The number of benzene rings is 2. The molecule has 0 aliphatic carbocycles. The van der Waals surface area contributed by atoms with E-state index >= 15 is 0 Å². The average Bonchev–Trinajstić information content (AvgIpc) is 3.19. The van der Waals surface area contributed by atoms with Crippen molar-refractivity contribution in [3.63, 3.8) is 0 Å². The maximum absolute atomic E-state index is 13.0. The van der Waals surface area contributed by atoms with Crippen LogP contribution in [-0.4, -0.2) is 38.6 Å². The van der Waals surface area contributed by atoms with Crippen molar-refractivity contribution in [3.05, 3.63) is 70.1 Å². The monoisotopic (exact) mass is 399 g/mol. The molecule has 2 aromatic carbocycles. The van der Waals surface area contributed by atoms with Crippen LogP contribution in [0.2, 0.25) is 5.02 Å². The van der Waals surface area contributed by atoms with Crippen LogP contribution in [0, 0.1) is 0 Å². The van der Waals surface area contributed by atoms with Crippen LogP contribution in [0.3, 0.4) is 0 Å². The summed E-state index contributed by atoms with van der Waals surface area (Å²) in [6, 6.07) is 16.8. The number of amides is 1. The second kappa shape index (κ2) is 7.38. The van der Waals surface area contributed by atoms with E-state index in [-0.39, 0.29) is 5.91 Å². The van der Waals surface area contributed by atoms with E-state index in [9.17, 15) is 9.90 Å². The molecule has 1 N–H and O–H groups in total. The van der Waals surface area contributed by atoms with E-state index in [0.717, 1.165) is 22.7 Å². The molecule has 2 heterocycles. The molecule has 1 aliphatic rings. The zero-order valence-corrected chi connectivity index (χ0v) is 16.1. The number of likely N-dealkylation sites (tertiary alicyclic amines) is 1. The van der Waals surface area contributed by atoms with E-state index < -0.39 is 5.60 Å². The molecule has 0 unspecified atom stereocenters. The maximum atomic E-state index is 13.0. The van der Waals surface area contributed by atoms with Crippen molar-refractivity contribution in [1.29, 1.82) is 0 Å². The first-order valence-electron chi connectivity index (χ1n) is 8.72. The number of carbonyl (C=O) groups excluding carboxylic acids is 1. The van der Waals surface area contributed by atoms with E-state index in [1.807, 2.05) is 42.5 Å². The minimum Gasteiger partial charge on any atom is -0.385 e. The normalized spacial score (nSPS) is 16.3. The topological polar surface area (TPSA) is 66.3 Å². The Morgan fingerprint density at radius 1 is 1.07 bits per heavy atom. The van der Waals surface area contributed by atoms with Gasteiger partial charge in [0.2, 0.25) is 0 Å². The van der Waals surface area contributed by atoms with Crippen molar-refractivity contribution in [2.75, 3.05) is 13.1 Å². The molecule has 1 aromatic heterocycles. The number of nitrogens with zero attached hydrogens (tertiary/aromatic N) is 3. The van der Waals surface area contributed by atoms with Gasteiger partial charge < -0.3 is 10.0 Å². The Hall–Kier alpha value is -2.28. The summed E-state index contributed by atoms with van der Waals surface area (Å²) in [5, 5.41) is 15.8. The maximum Gasteiger partial charge on any atom is 0.267 e. The summed E-state index contributed by atoms with van der Waals surface area (Å²) in [5.41, 5.74) is 1.40. The van der Waals surface area contributed by atoms with E-state index in [2.05, 4.69) is 9.59 Å². The second-order valence-electron chi connectivity index (χ2n) is 6.65. The highest BCUT2D eigenvalue weighted by atomic mass is 35.5. The number of carbonyl (C=O) groups is 1. The zero-order valence-electron chi connectivity index (χ0n) is 14.5. The van der Waals surface area contributed by atoms with E-state index in [0.29, 0.717) is 41.5 Å². The van der Waals surface area contributed by atoms with Gasteiger partial charge in [-0.25, -0.2) is 0 Å². The summed E-state index contributed by atoms with van der Waals surface area (Å²) in [4.78, 5) is 15.3. The summed E-state index contributed by atoms with van der Waals surface area (Å²) >= 11 is 7.05. The molecule has 4 rings (SSSR count). The predicted octanol–water partition coefficient (Wildman–Crippen LogP) is 3.98. The molecule has 1 amide bonds. The van der Waals surface area contributed by atoms with Gasteiger partial charge in [-0.15, -0.1) is 5.10 Å². The number of rotatable bonds is 3. The van der Waals surface area contributed by atoms with Crippen molar-refractivity contribution in [1.82, 2.24) is 14.5 Å². The highest BCUT2D eigenvalue weighted by Crippen LogP contribution is 2.34. The van der Waals surface area contributed by atoms with Gasteiger partial charge in [-0.3, -0.25) is 4.79 Å². The molecular formula is C20H18ClN3O2S.